The monoisotopic (exact) mass is 340 g/mol. The van der Waals surface area contributed by atoms with Crippen molar-refractivity contribution in [1.29, 1.82) is 0 Å². The van der Waals surface area contributed by atoms with Crippen LogP contribution in [0.2, 0.25) is 0 Å². The number of amides is 1. The van der Waals surface area contributed by atoms with Crippen LogP contribution in [0.25, 0.3) is 0 Å². The van der Waals surface area contributed by atoms with E-state index in [9.17, 15) is 4.79 Å². The van der Waals surface area contributed by atoms with Gasteiger partial charge in [-0.2, -0.15) is 0 Å². The predicted octanol–water partition coefficient (Wildman–Crippen LogP) is 3.21. The number of piperidine rings is 1. The average Bonchev–Trinajstić information content (AvgIpc) is 2.55. The third kappa shape index (κ3) is 6.04. The van der Waals surface area contributed by atoms with Crippen molar-refractivity contribution < 1.29 is 9.53 Å². The van der Waals surface area contributed by atoms with Crippen molar-refractivity contribution in [2.75, 3.05) is 26.7 Å². The maximum absolute atomic E-state index is 12.2. The molecular formula is C18H29ClN2O2. The lowest BCUT2D eigenvalue weighted by Gasteiger charge is -2.31. The maximum atomic E-state index is 12.2. The first-order valence-corrected chi connectivity index (χ1v) is 8.28. The van der Waals surface area contributed by atoms with Crippen LogP contribution < -0.4 is 10.1 Å². The number of rotatable bonds is 6. The Balaban J connectivity index is 0.00000264. The molecule has 1 amide bonds. The van der Waals surface area contributed by atoms with Crippen LogP contribution in [-0.2, 0) is 4.79 Å². The molecule has 0 aromatic heterocycles. The molecule has 1 aliphatic heterocycles. The zero-order valence-corrected chi connectivity index (χ0v) is 15.2. The van der Waals surface area contributed by atoms with E-state index in [1.165, 1.54) is 5.56 Å². The first-order chi connectivity index (χ1) is 10.6. The summed E-state index contributed by atoms with van der Waals surface area (Å²) in [6.07, 6.45) is 2.54. The van der Waals surface area contributed by atoms with Crippen molar-refractivity contribution >= 4 is 18.3 Å². The number of halogens is 1. The highest BCUT2D eigenvalue weighted by Gasteiger charge is 2.21. The summed E-state index contributed by atoms with van der Waals surface area (Å²) in [6, 6.07) is 8.70. The molecule has 0 aliphatic carbocycles. The molecule has 5 heteroatoms. The van der Waals surface area contributed by atoms with Crippen LogP contribution in [0.5, 0.6) is 5.75 Å². The van der Waals surface area contributed by atoms with E-state index in [4.69, 9.17) is 4.74 Å². The zero-order valence-electron chi connectivity index (χ0n) is 14.4. The van der Waals surface area contributed by atoms with Gasteiger partial charge in [-0.15, -0.1) is 12.4 Å². The predicted molar refractivity (Wildman–Crippen MR) is 96.6 cm³/mol. The molecule has 1 N–H and O–H groups in total. The quantitative estimate of drug-likeness (QED) is 0.864. The molecule has 1 heterocycles. The number of carbonyl (C=O) groups is 1. The van der Waals surface area contributed by atoms with Gasteiger partial charge in [-0.25, -0.2) is 0 Å². The number of benzene rings is 1. The standard InChI is InChI=1S/C18H28N2O2.ClH/c1-14(2)15-4-6-17(7-5-15)22-13-10-18(21)20-11-8-16(19-3)9-12-20;/h4-7,14,16,19H,8-13H2,1-3H3;1H. The third-order valence-electron chi connectivity index (χ3n) is 4.39. The second-order valence-electron chi connectivity index (χ2n) is 6.27. The molecule has 0 spiro atoms. The Morgan fingerprint density at radius 2 is 1.87 bits per heavy atom. The summed E-state index contributed by atoms with van der Waals surface area (Å²) >= 11 is 0. The minimum absolute atomic E-state index is 0. The smallest absolute Gasteiger partial charge is 0.225 e. The SMILES string of the molecule is CNC1CCN(C(=O)CCOc2ccc(C(C)C)cc2)CC1.Cl. The highest BCUT2D eigenvalue weighted by Crippen LogP contribution is 2.19. The van der Waals surface area contributed by atoms with E-state index in [2.05, 4.69) is 31.3 Å². The Morgan fingerprint density at radius 3 is 2.39 bits per heavy atom. The number of ether oxygens (including phenoxy) is 1. The van der Waals surface area contributed by atoms with Crippen LogP contribution in [0.4, 0.5) is 0 Å². The Hall–Kier alpha value is -1.26. The Bertz CT molecular complexity index is 468. The number of nitrogens with one attached hydrogen (secondary N) is 1. The molecule has 0 atom stereocenters. The normalized spacial score (nSPS) is 15.4. The second-order valence-corrected chi connectivity index (χ2v) is 6.27. The first kappa shape index (κ1) is 19.8. The van der Waals surface area contributed by atoms with Crippen molar-refractivity contribution in [3.63, 3.8) is 0 Å². The maximum Gasteiger partial charge on any atom is 0.225 e. The largest absolute Gasteiger partial charge is 0.493 e. The second kappa shape index (κ2) is 9.78. The van der Waals surface area contributed by atoms with Gasteiger partial charge in [0, 0.05) is 19.1 Å². The van der Waals surface area contributed by atoms with Crippen molar-refractivity contribution in [3.8, 4) is 5.75 Å². The van der Waals surface area contributed by atoms with Crippen LogP contribution in [0.1, 0.15) is 44.6 Å². The molecule has 0 bridgehead atoms. The number of nitrogens with zero attached hydrogens (tertiary/aromatic N) is 1. The van der Waals surface area contributed by atoms with E-state index in [-0.39, 0.29) is 18.3 Å². The fraction of sp³-hybridized carbons (Fsp3) is 0.611. The third-order valence-corrected chi connectivity index (χ3v) is 4.39. The lowest BCUT2D eigenvalue weighted by molar-refractivity contribution is -0.132. The Morgan fingerprint density at radius 1 is 1.26 bits per heavy atom. The molecule has 130 valence electrons. The first-order valence-electron chi connectivity index (χ1n) is 8.28. The van der Waals surface area contributed by atoms with Crippen LogP contribution in [0, 0.1) is 0 Å². The number of hydrogen-bond donors (Lipinski definition) is 1. The molecule has 4 nitrogen and oxygen atoms in total. The van der Waals surface area contributed by atoms with Crippen LogP contribution >= 0.6 is 12.4 Å². The minimum atomic E-state index is 0. The van der Waals surface area contributed by atoms with Crippen molar-refractivity contribution in [2.45, 2.75) is 45.1 Å². The van der Waals surface area contributed by atoms with E-state index >= 15 is 0 Å². The van der Waals surface area contributed by atoms with Crippen molar-refractivity contribution in [3.05, 3.63) is 29.8 Å². The fourth-order valence-electron chi connectivity index (χ4n) is 2.78. The van der Waals surface area contributed by atoms with E-state index in [0.29, 0.717) is 25.0 Å². The summed E-state index contributed by atoms with van der Waals surface area (Å²) in [5.74, 6) is 1.57. The molecule has 2 rings (SSSR count). The summed E-state index contributed by atoms with van der Waals surface area (Å²) in [7, 11) is 1.99. The molecule has 23 heavy (non-hydrogen) atoms. The molecular weight excluding hydrogens is 312 g/mol. The lowest BCUT2D eigenvalue weighted by atomic mass is 10.0. The van der Waals surface area contributed by atoms with Crippen LogP contribution in [0.3, 0.4) is 0 Å². The summed E-state index contributed by atoms with van der Waals surface area (Å²) < 4.78 is 5.68. The van der Waals surface area contributed by atoms with Gasteiger partial charge in [0.1, 0.15) is 5.75 Å². The van der Waals surface area contributed by atoms with Gasteiger partial charge in [-0.3, -0.25) is 4.79 Å². The number of carbonyl (C=O) groups excluding carboxylic acids is 1. The van der Waals surface area contributed by atoms with Gasteiger partial charge in [-0.05, 0) is 43.5 Å². The fourth-order valence-corrected chi connectivity index (χ4v) is 2.78. The van der Waals surface area contributed by atoms with Crippen molar-refractivity contribution in [1.82, 2.24) is 10.2 Å². The van der Waals surface area contributed by atoms with Gasteiger partial charge in [0.25, 0.3) is 0 Å². The van der Waals surface area contributed by atoms with Crippen LogP contribution in [-0.4, -0.2) is 43.6 Å². The van der Waals surface area contributed by atoms with Gasteiger partial charge >= 0.3 is 0 Å². The topological polar surface area (TPSA) is 41.6 Å². The summed E-state index contributed by atoms with van der Waals surface area (Å²) in [4.78, 5) is 14.1. The molecule has 1 saturated heterocycles. The van der Waals surface area contributed by atoms with Gasteiger partial charge in [0.15, 0.2) is 0 Å². The Kier molecular flexibility index (Phi) is 8.42. The minimum Gasteiger partial charge on any atom is -0.493 e. The highest BCUT2D eigenvalue weighted by atomic mass is 35.5. The zero-order chi connectivity index (χ0) is 15.9. The summed E-state index contributed by atoms with van der Waals surface area (Å²) in [6.45, 7) is 6.50. The summed E-state index contributed by atoms with van der Waals surface area (Å²) in [5.41, 5.74) is 1.30. The van der Waals surface area contributed by atoms with E-state index in [0.717, 1.165) is 31.7 Å². The summed E-state index contributed by atoms with van der Waals surface area (Å²) in [5, 5.41) is 3.28. The van der Waals surface area contributed by atoms with Gasteiger partial charge in [-0.1, -0.05) is 26.0 Å². The van der Waals surface area contributed by atoms with E-state index in [1.807, 2.05) is 24.1 Å². The lowest BCUT2D eigenvalue weighted by Crippen LogP contribution is -2.44. The number of likely N-dealkylation sites (tertiary alicyclic amines) is 1. The molecule has 0 saturated carbocycles. The van der Waals surface area contributed by atoms with Crippen molar-refractivity contribution in [2.24, 2.45) is 0 Å². The Labute approximate surface area is 146 Å². The number of hydrogen-bond acceptors (Lipinski definition) is 3. The van der Waals surface area contributed by atoms with Gasteiger partial charge in [0.05, 0.1) is 13.0 Å². The van der Waals surface area contributed by atoms with Crippen LogP contribution in [0.15, 0.2) is 24.3 Å². The molecule has 1 aliphatic rings. The highest BCUT2D eigenvalue weighted by molar-refractivity contribution is 5.85. The molecule has 1 fully saturated rings. The molecule has 0 radical (unpaired) electrons. The molecule has 1 aromatic carbocycles. The van der Waals surface area contributed by atoms with E-state index in [1.54, 1.807) is 0 Å². The van der Waals surface area contributed by atoms with Gasteiger partial charge < -0.3 is 15.0 Å². The average molecular weight is 341 g/mol. The molecule has 0 unspecified atom stereocenters. The molecule has 1 aromatic rings. The van der Waals surface area contributed by atoms with Gasteiger partial charge in [0.2, 0.25) is 5.91 Å². The van der Waals surface area contributed by atoms with E-state index < -0.39 is 0 Å².